The van der Waals surface area contributed by atoms with E-state index in [1.165, 1.54) is 6.92 Å². The van der Waals surface area contributed by atoms with Crippen molar-refractivity contribution in [2.75, 3.05) is 6.61 Å². The maximum Gasteiger partial charge on any atom is 0.192 e. The molecule has 0 unspecified atom stereocenters. The van der Waals surface area contributed by atoms with Crippen LogP contribution in [0.5, 0.6) is 0 Å². The Bertz CT molecular complexity index is 498. The molecule has 2 aliphatic heterocycles. The van der Waals surface area contributed by atoms with E-state index in [4.69, 9.17) is 18.6 Å². The van der Waals surface area contributed by atoms with Crippen molar-refractivity contribution in [1.82, 2.24) is 0 Å². The highest BCUT2D eigenvalue weighted by atomic mass is 28.4. The molecular formula is C17H32O6Si. The third-order valence-electron chi connectivity index (χ3n) is 5.34. The molecule has 2 saturated heterocycles. The number of hydrogen-bond acceptors (Lipinski definition) is 6. The van der Waals surface area contributed by atoms with Crippen molar-refractivity contribution in [2.45, 2.75) is 96.0 Å². The van der Waals surface area contributed by atoms with Gasteiger partial charge in [-0.3, -0.25) is 4.79 Å². The minimum absolute atomic E-state index is 0.0425. The highest BCUT2D eigenvalue weighted by Crippen LogP contribution is 2.45. The second-order valence-electron chi connectivity index (χ2n) is 8.99. The largest absolute Gasteiger partial charge is 0.414 e. The number of Topliss-reactive ketones (excluding diaryl/α,β-unsaturated/α-hetero) is 1. The van der Waals surface area contributed by atoms with E-state index in [1.54, 1.807) is 13.8 Å². The number of carbonyl (C=O) groups is 1. The number of rotatable bonds is 5. The molecule has 1 N–H and O–H groups in total. The van der Waals surface area contributed by atoms with E-state index in [9.17, 15) is 9.90 Å². The zero-order valence-electron chi connectivity index (χ0n) is 16.1. The van der Waals surface area contributed by atoms with E-state index in [1.807, 2.05) is 0 Å². The average molecular weight is 361 g/mol. The van der Waals surface area contributed by atoms with E-state index in [-0.39, 0.29) is 23.8 Å². The van der Waals surface area contributed by atoms with Gasteiger partial charge in [0.05, 0.1) is 6.61 Å². The van der Waals surface area contributed by atoms with Gasteiger partial charge in [0.15, 0.2) is 20.4 Å². The predicted molar refractivity (Wildman–Crippen MR) is 92.1 cm³/mol. The normalized spacial score (nSPS) is 36.0. The van der Waals surface area contributed by atoms with Gasteiger partial charge in [-0.15, -0.1) is 0 Å². The van der Waals surface area contributed by atoms with Crippen LogP contribution in [0.25, 0.3) is 0 Å². The second kappa shape index (κ2) is 6.14. The minimum Gasteiger partial charge on any atom is -0.414 e. The quantitative estimate of drug-likeness (QED) is 0.760. The molecule has 0 aromatic heterocycles. The Morgan fingerprint density at radius 3 is 2.33 bits per heavy atom. The molecule has 24 heavy (non-hydrogen) atoms. The van der Waals surface area contributed by atoms with Gasteiger partial charge in [-0.05, 0) is 38.9 Å². The summed E-state index contributed by atoms with van der Waals surface area (Å²) < 4.78 is 23.6. The van der Waals surface area contributed by atoms with E-state index >= 15 is 0 Å². The fourth-order valence-electron chi connectivity index (χ4n) is 2.93. The summed E-state index contributed by atoms with van der Waals surface area (Å²) in [4.78, 5) is 11.7. The molecule has 0 radical (unpaired) electrons. The molecule has 6 nitrogen and oxygen atoms in total. The van der Waals surface area contributed by atoms with Crippen LogP contribution in [0, 0.1) is 0 Å². The van der Waals surface area contributed by atoms with Crippen molar-refractivity contribution >= 4 is 14.1 Å². The molecule has 4 atom stereocenters. The van der Waals surface area contributed by atoms with E-state index < -0.39 is 38.2 Å². The Morgan fingerprint density at radius 2 is 1.83 bits per heavy atom. The zero-order chi connectivity index (χ0) is 18.6. The van der Waals surface area contributed by atoms with Gasteiger partial charge in [0.1, 0.15) is 23.6 Å². The molecule has 0 aliphatic carbocycles. The van der Waals surface area contributed by atoms with Gasteiger partial charge in [-0.1, -0.05) is 20.8 Å². The first-order valence-corrected chi connectivity index (χ1v) is 11.5. The van der Waals surface area contributed by atoms with Crippen molar-refractivity contribution in [1.29, 1.82) is 0 Å². The molecule has 0 spiro atoms. The first kappa shape index (κ1) is 20.0. The summed E-state index contributed by atoms with van der Waals surface area (Å²) in [5.74, 6) is -0.960. The van der Waals surface area contributed by atoms with Crippen molar-refractivity contribution in [3.63, 3.8) is 0 Å². The maximum atomic E-state index is 11.7. The lowest BCUT2D eigenvalue weighted by Gasteiger charge is -2.39. The first-order valence-electron chi connectivity index (χ1n) is 8.55. The van der Waals surface area contributed by atoms with E-state index in [0.717, 1.165) is 0 Å². The van der Waals surface area contributed by atoms with Crippen LogP contribution < -0.4 is 0 Å². The summed E-state index contributed by atoms with van der Waals surface area (Å²) in [6.45, 7) is 16.0. The van der Waals surface area contributed by atoms with Crippen LogP contribution in [0.4, 0.5) is 0 Å². The van der Waals surface area contributed by atoms with Crippen LogP contribution in [-0.2, 0) is 23.4 Å². The van der Waals surface area contributed by atoms with Crippen molar-refractivity contribution in [2.24, 2.45) is 0 Å². The summed E-state index contributed by atoms with van der Waals surface area (Å²) in [5.41, 5.74) is -1.44. The molecular weight excluding hydrogens is 328 g/mol. The standard InChI is InChI=1S/C17H32O6Si/c1-11(18)9-17(19)12(10-20-24(7,8)15(2,3)4)21-14-13(17)22-16(5,6)23-14/h12-14,19H,9-10H2,1-8H3/t12-,13+,14-,17+/m1/s1. The van der Waals surface area contributed by atoms with E-state index in [0.29, 0.717) is 0 Å². The molecule has 0 amide bonds. The zero-order valence-corrected chi connectivity index (χ0v) is 17.1. The van der Waals surface area contributed by atoms with Gasteiger partial charge in [0.2, 0.25) is 0 Å². The Labute approximate surface area is 145 Å². The lowest BCUT2D eigenvalue weighted by atomic mass is 9.87. The Hall–Kier alpha value is -0.313. The van der Waals surface area contributed by atoms with Gasteiger partial charge < -0.3 is 23.7 Å². The maximum absolute atomic E-state index is 11.7. The number of hydrogen-bond donors (Lipinski definition) is 1. The van der Waals surface area contributed by atoms with Gasteiger partial charge in [0.25, 0.3) is 0 Å². The van der Waals surface area contributed by atoms with Gasteiger partial charge >= 0.3 is 0 Å². The molecule has 2 aliphatic rings. The fourth-order valence-corrected chi connectivity index (χ4v) is 3.93. The topological polar surface area (TPSA) is 74.2 Å². The number of ketones is 1. The lowest BCUT2D eigenvalue weighted by molar-refractivity contribution is -0.233. The van der Waals surface area contributed by atoms with Crippen LogP contribution in [0.15, 0.2) is 0 Å². The SMILES string of the molecule is CC(=O)C[C@]1(O)[C@@H](CO[Si](C)(C)C(C)(C)C)O[C@@H]2OC(C)(C)O[C@@H]21. The molecule has 2 fully saturated rings. The lowest BCUT2D eigenvalue weighted by Crippen LogP contribution is -2.53. The van der Waals surface area contributed by atoms with Crippen molar-refractivity contribution in [3.8, 4) is 0 Å². The summed E-state index contributed by atoms with van der Waals surface area (Å²) in [7, 11) is -2.00. The first-order chi connectivity index (χ1) is 10.7. The van der Waals surface area contributed by atoms with Crippen LogP contribution in [-0.4, -0.2) is 55.7 Å². The Morgan fingerprint density at radius 1 is 1.25 bits per heavy atom. The molecule has 0 aromatic carbocycles. The summed E-state index contributed by atoms with van der Waals surface area (Å²) >= 11 is 0. The van der Waals surface area contributed by atoms with Gasteiger partial charge in [-0.25, -0.2) is 0 Å². The predicted octanol–water partition coefficient (Wildman–Crippen LogP) is 2.59. The third-order valence-corrected chi connectivity index (χ3v) is 9.84. The number of fused-ring (bicyclic) bond motifs is 1. The average Bonchev–Trinajstić information content (AvgIpc) is 2.78. The number of ether oxygens (including phenoxy) is 3. The van der Waals surface area contributed by atoms with Crippen LogP contribution in [0.1, 0.15) is 48.0 Å². The highest BCUT2D eigenvalue weighted by molar-refractivity contribution is 6.74. The fraction of sp³-hybridized carbons (Fsp3) is 0.941. The van der Waals surface area contributed by atoms with Crippen LogP contribution >= 0.6 is 0 Å². The monoisotopic (exact) mass is 360 g/mol. The van der Waals surface area contributed by atoms with Gasteiger partial charge in [0, 0.05) is 6.42 Å². The molecule has 7 heteroatoms. The number of aliphatic hydroxyl groups is 1. The third kappa shape index (κ3) is 3.76. The Balaban J connectivity index is 2.16. The number of carbonyl (C=O) groups excluding carboxylic acids is 1. The highest BCUT2D eigenvalue weighted by Gasteiger charge is 2.63. The molecule has 0 aromatic rings. The van der Waals surface area contributed by atoms with E-state index in [2.05, 4.69) is 33.9 Å². The van der Waals surface area contributed by atoms with Gasteiger partial charge in [-0.2, -0.15) is 0 Å². The second-order valence-corrected chi connectivity index (χ2v) is 13.8. The molecule has 0 saturated carbocycles. The van der Waals surface area contributed by atoms with Crippen molar-refractivity contribution < 1.29 is 28.5 Å². The summed E-state index contributed by atoms with van der Waals surface area (Å²) in [6.07, 6.45) is -2.07. The summed E-state index contributed by atoms with van der Waals surface area (Å²) in [5, 5.41) is 11.3. The summed E-state index contributed by atoms with van der Waals surface area (Å²) in [6, 6.07) is 0. The molecule has 0 bridgehead atoms. The molecule has 140 valence electrons. The smallest absolute Gasteiger partial charge is 0.192 e. The minimum atomic E-state index is -2.00. The van der Waals surface area contributed by atoms with Crippen LogP contribution in [0.3, 0.4) is 0 Å². The molecule has 2 rings (SSSR count). The van der Waals surface area contributed by atoms with Crippen molar-refractivity contribution in [3.05, 3.63) is 0 Å². The Kier molecular flexibility index (Phi) is 5.12. The molecule has 2 heterocycles. The van der Waals surface area contributed by atoms with Crippen LogP contribution in [0.2, 0.25) is 18.1 Å².